The lowest BCUT2D eigenvalue weighted by atomic mass is 10.1. The van der Waals surface area contributed by atoms with Crippen molar-refractivity contribution in [2.45, 2.75) is 18.6 Å². The van der Waals surface area contributed by atoms with Gasteiger partial charge in [0.1, 0.15) is 6.10 Å². The van der Waals surface area contributed by atoms with Crippen molar-refractivity contribution in [1.29, 1.82) is 0 Å². The fraction of sp³-hybridized carbons (Fsp3) is 0.429. The first-order chi connectivity index (χ1) is 9.76. The largest absolute Gasteiger partial charge is 0.369 e. The number of benzene rings is 1. The topological polar surface area (TPSA) is 74.2 Å². The molecule has 1 aromatic heterocycles. The average molecular weight is 293 g/mol. The summed E-state index contributed by atoms with van der Waals surface area (Å²) in [4.78, 5) is 4.37. The third kappa shape index (κ3) is 3.59. The summed E-state index contributed by atoms with van der Waals surface area (Å²) in [6, 6.07) is 9.57. The van der Waals surface area contributed by atoms with Gasteiger partial charge in [-0.25, -0.2) is 0 Å². The van der Waals surface area contributed by atoms with Crippen LogP contribution in [-0.4, -0.2) is 29.3 Å². The molecular formula is C14H19N3O2S. The molecule has 2 N–H and O–H groups in total. The minimum Gasteiger partial charge on any atom is -0.369 e. The first-order valence-corrected chi connectivity index (χ1v) is 7.81. The summed E-state index contributed by atoms with van der Waals surface area (Å²) >= 11 is 1.74. The van der Waals surface area contributed by atoms with Gasteiger partial charge in [0.05, 0.1) is 6.04 Å². The molecule has 0 bridgehead atoms. The Morgan fingerprint density at radius 3 is 2.75 bits per heavy atom. The van der Waals surface area contributed by atoms with Gasteiger partial charge in [-0.1, -0.05) is 35.5 Å². The first kappa shape index (κ1) is 15.0. The van der Waals surface area contributed by atoms with Crippen LogP contribution < -0.4 is 5.73 Å². The molecule has 0 amide bonds. The number of ether oxygens (including phenoxy) is 1. The van der Waals surface area contributed by atoms with Crippen molar-refractivity contribution in [3.8, 4) is 0 Å². The van der Waals surface area contributed by atoms with Gasteiger partial charge in [-0.2, -0.15) is 16.7 Å². The monoisotopic (exact) mass is 293 g/mol. The minimum atomic E-state index is -0.332. The molecule has 1 aromatic carbocycles. The standard InChI is InChI=1S/C14H19N3O2S/c1-18-12(10-6-4-3-5-7-10)13-16-14(19-17-13)11(15)8-9-20-2/h3-7,11-12H,8-9,15H2,1-2H3/t11-,12?/m0/s1. The molecule has 2 aromatic rings. The van der Waals surface area contributed by atoms with E-state index < -0.39 is 0 Å². The number of nitrogens with zero attached hydrogens (tertiary/aromatic N) is 2. The molecule has 5 nitrogen and oxygen atoms in total. The van der Waals surface area contributed by atoms with Gasteiger partial charge in [-0.05, 0) is 24.0 Å². The van der Waals surface area contributed by atoms with Gasteiger partial charge in [-0.3, -0.25) is 0 Å². The summed E-state index contributed by atoms with van der Waals surface area (Å²) in [7, 11) is 1.63. The van der Waals surface area contributed by atoms with Crippen LogP contribution in [0.3, 0.4) is 0 Å². The van der Waals surface area contributed by atoms with Crippen molar-refractivity contribution in [3.63, 3.8) is 0 Å². The highest BCUT2D eigenvalue weighted by Crippen LogP contribution is 2.24. The number of aromatic nitrogens is 2. The molecule has 2 atom stereocenters. The molecule has 0 saturated heterocycles. The molecule has 6 heteroatoms. The second-order valence-electron chi connectivity index (χ2n) is 4.41. The number of hydrogen-bond acceptors (Lipinski definition) is 6. The predicted octanol–water partition coefficient (Wildman–Crippen LogP) is 2.56. The fourth-order valence-corrected chi connectivity index (χ4v) is 2.38. The predicted molar refractivity (Wildman–Crippen MR) is 79.5 cm³/mol. The first-order valence-electron chi connectivity index (χ1n) is 6.42. The molecule has 1 unspecified atom stereocenters. The number of thioether (sulfide) groups is 1. The fourth-order valence-electron chi connectivity index (χ4n) is 1.89. The van der Waals surface area contributed by atoms with Crippen LogP contribution in [0.5, 0.6) is 0 Å². The summed E-state index contributed by atoms with van der Waals surface area (Å²) in [5, 5.41) is 3.99. The Hall–Kier alpha value is -1.37. The van der Waals surface area contributed by atoms with E-state index in [1.54, 1.807) is 18.9 Å². The smallest absolute Gasteiger partial charge is 0.243 e. The van der Waals surface area contributed by atoms with Gasteiger partial charge >= 0.3 is 0 Å². The maximum absolute atomic E-state index is 6.02. The maximum atomic E-state index is 6.02. The molecule has 1 heterocycles. The third-order valence-corrected chi connectivity index (χ3v) is 3.62. The van der Waals surface area contributed by atoms with Crippen LogP contribution in [0, 0.1) is 0 Å². The Labute approximate surface area is 122 Å². The van der Waals surface area contributed by atoms with E-state index >= 15 is 0 Å². The van der Waals surface area contributed by atoms with Gasteiger partial charge < -0.3 is 15.0 Å². The van der Waals surface area contributed by atoms with Gasteiger partial charge in [-0.15, -0.1) is 0 Å². The molecule has 0 saturated carbocycles. The van der Waals surface area contributed by atoms with Crippen LogP contribution in [0.2, 0.25) is 0 Å². The summed E-state index contributed by atoms with van der Waals surface area (Å²) in [5.74, 6) is 1.94. The van der Waals surface area contributed by atoms with Crippen LogP contribution in [0.1, 0.15) is 35.8 Å². The van der Waals surface area contributed by atoms with Crippen LogP contribution in [-0.2, 0) is 4.74 Å². The Morgan fingerprint density at radius 1 is 1.35 bits per heavy atom. The molecule has 0 radical (unpaired) electrons. The Bertz CT molecular complexity index is 518. The molecule has 20 heavy (non-hydrogen) atoms. The lowest BCUT2D eigenvalue weighted by Gasteiger charge is -2.11. The number of hydrogen-bond donors (Lipinski definition) is 1. The summed E-state index contributed by atoms with van der Waals surface area (Å²) in [5.41, 5.74) is 7.01. The summed E-state index contributed by atoms with van der Waals surface area (Å²) < 4.78 is 10.7. The zero-order valence-corrected chi connectivity index (χ0v) is 12.5. The zero-order chi connectivity index (χ0) is 14.4. The second kappa shape index (κ2) is 7.42. The molecule has 108 valence electrons. The van der Waals surface area contributed by atoms with Gasteiger partial charge in [0.2, 0.25) is 11.7 Å². The summed E-state index contributed by atoms with van der Waals surface area (Å²) in [6.45, 7) is 0. The summed E-state index contributed by atoms with van der Waals surface area (Å²) in [6.07, 6.45) is 2.52. The highest BCUT2D eigenvalue weighted by atomic mass is 32.2. The van der Waals surface area contributed by atoms with Crippen LogP contribution in [0.15, 0.2) is 34.9 Å². The molecular weight excluding hydrogens is 274 g/mol. The molecule has 2 rings (SSSR count). The highest BCUT2D eigenvalue weighted by molar-refractivity contribution is 7.98. The minimum absolute atomic E-state index is 0.225. The SMILES string of the molecule is COC(c1ccccc1)c1noc([C@@H](N)CCSC)n1. The normalized spacial score (nSPS) is 14.2. The van der Waals surface area contributed by atoms with Gasteiger partial charge in [0.15, 0.2) is 0 Å². The molecule has 0 aliphatic carbocycles. The van der Waals surface area contributed by atoms with Crippen LogP contribution in [0.4, 0.5) is 0 Å². The van der Waals surface area contributed by atoms with Crippen molar-refractivity contribution >= 4 is 11.8 Å². The maximum Gasteiger partial charge on any atom is 0.243 e. The molecule has 0 fully saturated rings. The van der Waals surface area contributed by atoms with E-state index in [4.69, 9.17) is 15.0 Å². The lowest BCUT2D eigenvalue weighted by molar-refractivity contribution is 0.126. The van der Waals surface area contributed by atoms with Crippen molar-refractivity contribution in [1.82, 2.24) is 10.1 Å². The lowest BCUT2D eigenvalue weighted by Crippen LogP contribution is -2.12. The van der Waals surface area contributed by atoms with Crippen molar-refractivity contribution in [3.05, 3.63) is 47.6 Å². The quantitative estimate of drug-likeness (QED) is 0.845. The molecule has 0 aliphatic rings. The number of nitrogens with two attached hydrogens (primary N) is 1. The van der Waals surface area contributed by atoms with Crippen LogP contribution in [0.25, 0.3) is 0 Å². The Kier molecular flexibility index (Phi) is 5.58. The second-order valence-corrected chi connectivity index (χ2v) is 5.39. The molecule has 0 spiro atoms. The van der Waals surface area contributed by atoms with Crippen molar-refractivity contribution in [2.75, 3.05) is 19.1 Å². The Balaban J connectivity index is 2.14. The van der Waals surface area contributed by atoms with Gasteiger partial charge in [0, 0.05) is 7.11 Å². The van der Waals surface area contributed by atoms with Crippen LogP contribution >= 0.6 is 11.8 Å². The van der Waals surface area contributed by atoms with E-state index in [2.05, 4.69) is 10.1 Å². The number of methoxy groups -OCH3 is 1. The van der Waals surface area contributed by atoms with E-state index in [9.17, 15) is 0 Å². The zero-order valence-electron chi connectivity index (χ0n) is 11.7. The third-order valence-electron chi connectivity index (χ3n) is 2.98. The van der Waals surface area contributed by atoms with Crippen molar-refractivity contribution < 1.29 is 9.26 Å². The average Bonchev–Trinajstić information content (AvgIpc) is 2.96. The van der Waals surface area contributed by atoms with E-state index in [1.165, 1.54) is 0 Å². The van der Waals surface area contributed by atoms with E-state index in [-0.39, 0.29) is 12.1 Å². The Morgan fingerprint density at radius 2 is 2.10 bits per heavy atom. The molecule has 0 aliphatic heterocycles. The van der Waals surface area contributed by atoms with Gasteiger partial charge in [0.25, 0.3) is 0 Å². The van der Waals surface area contributed by atoms with E-state index in [0.29, 0.717) is 11.7 Å². The van der Waals surface area contributed by atoms with E-state index in [0.717, 1.165) is 17.7 Å². The highest BCUT2D eigenvalue weighted by Gasteiger charge is 2.22. The number of rotatable bonds is 7. The van der Waals surface area contributed by atoms with Crippen molar-refractivity contribution in [2.24, 2.45) is 5.73 Å². The van der Waals surface area contributed by atoms with E-state index in [1.807, 2.05) is 36.6 Å².